The fraction of sp³-hybridized carbons (Fsp3) is 0.769. The number of hydrogen-bond donors (Lipinski definition) is 0. The van der Waals surface area contributed by atoms with Gasteiger partial charge in [-0.1, -0.05) is 12.1 Å². The number of aromatic nitrogens is 3. The lowest BCUT2D eigenvalue weighted by Crippen LogP contribution is -2.50. The quantitative estimate of drug-likeness (QED) is 0.779. The van der Waals surface area contributed by atoms with Crippen LogP contribution >= 0.6 is 11.8 Å². The van der Waals surface area contributed by atoms with Gasteiger partial charge in [-0.2, -0.15) is 11.8 Å². The summed E-state index contributed by atoms with van der Waals surface area (Å²) in [6, 6.07) is 0.120. The summed E-state index contributed by atoms with van der Waals surface area (Å²) in [4.78, 5) is 14.2. The van der Waals surface area contributed by atoms with Crippen LogP contribution in [0.25, 0.3) is 0 Å². The molecule has 1 aromatic rings. The molecular weight excluding hydrogens is 276 g/mol. The maximum atomic E-state index is 12.2. The van der Waals surface area contributed by atoms with E-state index in [9.17, 15) is 4.79 Å². The molecule has 0 bridgehead atoms. The van der Waals surface area contributed by atoms with Gasteiger partial charge in [-0.15, -0.1) is 5.10 Å². The Morgan fingerprint density at radius 3 is 3.35 bits per heavy atom. The van der Waals surface area contributed by atoms with E-state index in [2.05, 4.69) is 17.2 Å². The second-order valence-corrected chi connectivity index (χ2v) is 6.37. The Labute approximate surface area is 122 Å². The number of rotatable bonds is 4. The van der Waals surface area contributed by atoms with Gasteiger partial charge in [0.25, 0.3) is 0 Å². The minimum Gasteiger partial charge on any atom is -0.370 e. The lowest BCUT2D eigenvalue weighted by molar-refractivity contribution is -0.135. The standard InChI is InChI=1S/C13H20N4O2S/c1-2-5-20-9-13(18)16-4-3-12-11(7-16)17-10(8-19-12)6-14-15-17/h6,11-12H,2-5,7-9H2,1H3/t11-,12+/m1/s1. The van der Waals surface area contributed by atoms with E-state index in [1.807, 2.05) is 9.58 Å². The number of nitrogens with zero attached hydrogens (tertiary/aromatic N) is 4. The zero-order valence-corrected chi connectivity index (χ0v) is 12.5. The van der Waals surface area contributed by atoms with Gasteiger partial charge in [0.1, 0.15) is 0 Å². The summed E-state index contributed by atoms with van der Waals surface area (Å²) in [5.41, 5.74) is 1.00. The van der Waals surface area contributed by atoms with Crippen molar-refractivity contribution in [2.45, 2.75) is 38.5 Å². The number of hydrogen-bond acceptors (Lipinski definition) is 5. The maximum Gasteiger partial charge on any atom is 0.232 e. The average Bonchev–Trinajstić information content (AvgIpc) is 2.95. The second kappa shape index (κ2) is 6.13. The molecule has 3 heterocycles. The first-order chi connectivity index (χ1) is 9.79. The Balaban J connectivity index is 1.64. The van der Waals surface area contributed by atoms with Gasteiger partial charge >= 0.3 is 0 Å². The van der Waals surface area contributed by atoms with E-state index in [0.717, 1.165) is 30.8 Å². The molecule has 3 rings (SSSR count). The number of likely N-dealkylation sites (tertiary alicyclic amines) is 1. The Morgan fingerprint density at radius 1 is 1.60 bits per heavy atom. The SMILES string of the molecule is CCCSCC(=O)N1CC[C@@H]2OCc3cnnn3[C@@H]2C1. The van der Waals surface area contributed by atoms with Crippen LogP contribution in [-0.2, 0) is 16.1 Å². The Bertz CT molecular complexity index is 479. The van der Waals surface area contributed by atoms with Crippen LogP contribution in [0.2, 0.25) is 0 Å². The minimum atomic E-state index is 0.120. The van der Waals surface area contributed by atoms with Gasteiger partial charge in [0.2, 0.25) is 5.91 Å². The van der Waals surface area contributed by atoms with Crippen LogP contribution in [0.5, 0.6) is 0 Å². The first-order valence-electron chi connectivity index (χ1n) is 7.15. The van der Waals surface area contributed by atoms with Gasteiger partial charge in [0.05, 0.1) is 36.4 Å². The van der Waals surface area contributed by atoms with Crippen molar-refractivity contribution in [3.05, 3.63) is 11.9 Å². The summed E-state index contributed by atoms with van der Waals surface area (Å²) >= 11 is 1.71. The molecule has 1 fully saturated rings. The van der Waals surface area contributed by atoms with E-state index >= 15 is 0 Å². The van der Waals surface area contributed by atoms with E-state index in [1.165, 1.54) is 0 Å². The molecule has 7 heteroatoms. The lowest BCUT2D eigenvalue weighted by Gasteiger charge is -2.41. The molecule has 0 aromatic carbocycles. The predicted molar refractivity (Wildman–Crippen MR) is 76.4 cm³/mol. The third-order valence-electron chi connectivity index (χ3n) is 3.86. The van der Waals surface area contributed by atoms with E-state index in [0.29, 0.717) is 18.9 Å². The first kappa shape index (κ1) is 13.9. The van der Waals surface area contributed by atoms with Crippen molar-refractivity contribution in [2.24, 2.45) is 0 Å². The van der Waals surface area contributed by atoms with E-state index in [4.69, 9.17) is 4.74 Å². The molecule has 2 atom stereocenters. The lowest BCUT2D eigenvalue weighted by atomic mass is 10.0. The highest BCUT2D eigenvalue weighted by Crippen LogP contribution is 2.30. The van der Waals surface area contributed by atoms with Crippen LogP contribution in [-0.4, -0.2) is 56.5 Å². The Hall–Kier alpha value is -1.08. The number of carbonyl (C=O) groups excluding carboxylic acids is 1. The van der Waals surface area contributed by atoms with Gasteiger partial charge in [0, 0.05) is 13.1 Å². The smallest absolute Gasteiger partial charge is 0.232 e. The summed E-state index contributed by atoms with van der Waals surface area (Å²) in [7, 11) is 0. The molecule has 0 saturated carbocycles. The molecule has 1 amide bonds. The molecule has 2 aliphatic rings. The number of amides is 1. The molecule has 2 aliphatic heterocycles. The molecule has 6 nitrogen and oxygen atoms in total. The van der Waals surface area contributed by atoms with Crippen LogP contribution in [0.15, 0.2) is 6.20 Å². The molecule has 1 saturated heterocycles. The van der Waals surface area contributed by atoms with Crippen molar-refractivity contribution in [3.63, 3.8) is 0 Å². The summed E-state index contributed by atoms with van der Waals surface area (Å²) in [6.07, 6.45) is 3.90. The monoisotopic (exact) mass is 296 g/mol. The summed E-state index contributed by atoms with van der Waals surface area (Å²) in [5.74, 6) is 1.85. The fourth-order valence-electron chi connectivity index (χ4n) is 2.80. The fourth-order valence-corrected chi connectivity index (χ4v) is 3.59. The highest BCUT2D eigenvalue weighted by atomic mass is 32.2. The van der Waals surface area contributed by atoms with Gasteiger partial charge < -0.3 is 9.64 Å². The van der Waals surface area contributed by atoms with Gasteiger partial charge in [-0.25, -0.2) is 4.68 Å². The number of fused-ring (bicyclic) bond motifs is 3. The molecule has 0 spiro atoms. The maximum absolute atomic E-state index is 12.2. The topological polar surface area (TPSA) is 60.3 Å². The molecular formula is C13H20N4O2S. The van der Waals surface area contributed by atoms with Crippen molar-refractivity contribution in [3.8, 4) is 0 Å². The molecule has 0 N–H and O–H groups in total. The van der Waals surface area contributed by atoms with Crippen LogP contribution < -0.4 is 0 Å². The van der Waals surface area contributed by atoms with Crippen molar-refractivity contribution < 1.29 is 9.53 Å². The van der Waals surface area contributed by atoms with Gasteiger partial charge in [-0.05, 0) is 18.6 Å². The highest BCUT2D eigenvalue weighted by molar-refractivity contribution is 7.99. The normalized spacial score (nSPS) is 25.1. The van der Waals surface area contributed by atoms with E-state index in [1.54, 1.807) is 18.0 Å². The van der Waals surface area contributed by atoms with Crippen molar-refractivity contribution >= 4 is 17.7 Å². The number of ether oxygens (including phenoxy) is 1. The third-order valence-corrected chi connectivity index (χ3v) is 5.00. The molecule has 0 unspecified atom stereocenters. The zero-order chi connectivity index (χ0) is 13.9. The minimum absolute atomic E-state index is 0.120. The first-order valence-corrected chi connectivity index (χ1v) is 8.31. The number of carbonyl (C=O) groups is 1. The molecule has 0 radical (unpaired) electrons. The predicted octanol–water partition coefficient (Wildman–Crippen LogP) is 1.09. The van der Waals surface area contributed by atoms with Crippen molar-refractivity contribution in [1.82, 2.24) is 19.9 Å². The Kier molecular flexibility index (Phi) is 4.26. The highest BCUT2D eigenvalue weighted by Gasteiger charge is 2.37. The van der Waals surface area contributed by atoms with E-state index in [-0.39, 0.29) is 18.1 Å². The largest absolute Gasteiger partial charge is 0.370 e. The zero-order valence-electron chi connectivity index (χ0n) is 11.7. The van der Waals surface area contributed by atoms with Crippen LogP contribution in [0.4, 0.5) is 0 Å². The van der Waals surface area contributed by atoms with Crippen LogP contribution in [0.3, 0.4) is 0 Å². The third kappa shape index (κ3) is 2.69. The molecule has 1 aromatic heterocycles. The van der Waals surface area contributed by atoms with Crippen LogP contribution in [0, 0.1) is 0 Å². The van der Waals surface area contributed by atoms with E-state index < -0.39 is 0 Å². The summed E-state index contributed by atoms with van der Waals surface area (Å²) < 4.78 is 7.79. The summed E-state index contributed by atoms with van der Waals surface area (Å²) in [5, 5.41) is 8.10. The Morgan fingerprint density at radius 2 is 2.50 bits per heavy atom. The van der Waals surface area contributed by atoms with Gasteiger partial charge in [-0.3, -0.25) is 4.79 Å². The molecule has 110 valence electrons. The average molecular weight is 296 g/mol. The second-order valence-electron chi connectivity index (χ2n) is 5.27. The van der Waals surface area contributed by atoms with Gasteiger partial charge in [0.15, 0.2) is 0 Å². The molecule has 20 heavy (non-hydrogen) atoms. The number of thioether (sulfide) groups is 1. The van der Waals surface area contributed by atoms with Crippen molar-refractivity contribution in [2.75, 3.05) is 24.6 Å². The number of piperidine rings is 1. The molecule has 0 aliphatic carbocycles. The van der Waals surface area contributed by atoms with Crippen LogP contribution in [0.1, 0.15) is 31.5 Å². The van der Waals surface area contributed by atoms with Crippen molar-refractivity contribution in [1.29, 1.82) is 0 Å². The summed E-state index contributed by atoms with van der Waals surface area (Å²) in [6.45, 7) is 4.19.